The van der Waals surface area contributed by atoms with Crippen molar-refractivity contribution in [2.45, 2.75) is 13.3 Å². The molecule has 2 nitrogen and oxygen atoms in total. The zero-order chi connectivity index (χ0) is 10.4. The number of rotatable bonds is 5. The van der Waals surface area contributed by atoms with Gasteiger partial charge in [-0.15, -0.1) is 0 Å². The van der Waals surface area contributed by atoms with Gasteiger partial charge >= 0.3 is 0 Å². The van der Waals surface area contributed by atoms with Gasteiger partial charge in [0.25, 0.3) is 0 Å². The van der Waals surface area contributed by atoms with Crippen molar-refractivity contribution >= 4 is 0 Å². The Bertz CT molecular complexity index is 251. The maximum absolute atomic E-state index is 4.04. The van der Waals surface area contributed by atoms with Crippen LogP contribution in [0.2, 0.25) is 0 Å². The van der Waals surface area contributed by atoms with E-state index in [4.69, 9.17) is 0 Å². The fourth-order valence-electron chi connectivity index (χ4n) is 1.67. The van der Waals surface area contributed by atoms with Crippen LogP contribution in [0.4, 0.5) is 0 Å². The molecule has 0 saturated heterocycles. The minimum atomic E-state index is 0.462. The summed E-state index contributed by atoms with van der Waals surface area (Å²) in [6, 6.07) is 0. The van der Waals surface area contributed by atoms with Crippen molar-refractivity contribution in [1.82, 2.24) is 10.6 Å². The van der Waals surface area contributed by atoms with Crippen LogP contribution in [-0.2, 0) is 0 Å². The first kappa shape index (κ1) is 11.1. The molecular weight excluding hydrogens is 172 g/mol. The molecule has 1 atom stereocenters. The maximum atomic E-state index is 4.04. The number of nitrogens with one attached hydrogen (secondary N) is 2. The summed E-state index contributed by atoms with van der Waals surface area (Å²) in [6.07, 6.45) is 7.59. The molecule has 0 aliphatic heterocycles. The standard InChI is InChI=1S/C12H20N2/c1-4-14-9-11-7-5-6-8-12(11)10(2)13-3/h5-7,12-14H,2,4,8-9H2,1,3H3. The van der Waals surface area contributed by atoms with Crippen molar-refractivity contribution < 1.29 is 0 Å². The summed E-state index contributed by atoms with van der Waals surface area (Å²) < 4.78 is 0. The van der Waals surface area contributed by atoms with E-state index >= 15 is 0 Å². The highest BCUT2D eigenvalue weighted by Gasteiger charge is 2.16. The van der Waals surface area contributed by atoms with E-state index in [1.165, 1.54) is 5.57 Å². The molecule has 0 spiro atoms. The fraction of sp³-hybridized carbons (Fsp3) is 0.500. The van der Waals surface area contributed by atoms with E-state index in [0.717, 1.165) is 25.2 Å². The molecule has 0 heterocycles. The molecule has 1 aliphatic rings. The van der Waals surface area contributed by atoms with Crippen molar-refractivity contribution in [2.75, 3.05) is 20.1 Å². The molecule has 78 valence electrons. The van der Waals surface area contributed by atoms with Crippen LogP contribution < -0.4 is 10.6 Å². The zero-order valence-electron chi connectivity index (χ0n) is 9.14. The topological polar surface area (TPSA) is 24.1 Å². The van der Waals surface area contributed by atoms with Gasteiger partial charge in [-0.25, -0.2) is 0 Å². The predicted molar refractivity (Wildman–Crippen MR) is 62.1 cm³/mol. The molecule has 0 saturated carbocycles. The van der Waals surface area contributed by atoms with Gasteiger partial charge < -0.3 is 10.6 Å². The Labute approximate surface area is 86.8 Å². The largest absolute Gasteiger partial charge is 0.391 e. The van der Waals surface area contributed by atoms with Crippen LogP contribution in [0.3, 0.4) is 0 Å². The summed E-state index contributed by atoms with van der Waals surface area (Å²) in [4.78, 5) is 0. The Morgan fingerprint density at radius 2 is 2.43 bits per heavy atom. The van der Waals surface area contributed by atoms with Crippen molar-refractivity contribution in [3.8, 4) is 0 Å². The van der Waals surface area contributed by atoms with Gasteiger partial charge in [-0.3, -0.25) is 0 Å². The summed E-state index contributed by atoms with van der Waals surface area (Å²) >= 11 is 0. The van der Waals surface area contributed by atoms with Crippen LogP contribution in [-0.4, -0.2) is 20.1 Å². The monoisotopic (exact) mass is 192 g/mol. The average molecular weight is 192 g/mol. The molecule has 0 bridgehead atoms. The SMILES string of the molecule is C=C(NC)C1CC=CC=C1CNCC. The highest BCUT2D eigenvalue weighted by Crippen LogP contribution is 2.24. The predicted octanol–water partition coefficient (Wildman–Crippen LogP) is 1.83. The molecular formula is C12H20N2. The van der Waals surface area contributed by atoms with Gasteiger partial charge in [0.1, 0.15) is 0 Å². The third-order valence-corrected chi connectivity index (χ3v) is 2.59. The lowest BCUT2D eigenvalue weighted by Crippen LogP contribution is -2.25. The molecule has 1 unspecified atom stereocenters. The van der Waals surface area contributed by atoms with Crippen LogP contribution in [0.1, 0.15) is 13.3 Å². The first-order valence-corrected chi connectivity index (χ1v) is 5.22. The normalized spacial score (nSPS) is 20.4. The first-order valence-electron chi connectivity index (χ1n) is 5.22. The highest BCUT2D eigenvalue weighted by atomic mass is 14.9. The second kappa shape index (κ2) is 5.66. The molecule has 1 aliphatic carbocycles. The lowest BCUT2D eigenvalue weighted by Gasteiger charge is -2.23. The van der Waals surface area contributed by atoms with Crippen LogP contribution in [0.5, 0.6) is 0 Å². The van der Waals surface area contributed by atoms with Gasteiger partial charge in [-0.1, -0.05) is 31.7 Å². The van der Waals surface area contributed by atoms with Crippen LogP contribution >= 0.6 is 0 Å². The van der Waals surface area contributed by atoms with Crippen molar-refractivity contribution in [1.29, 1.82) is 0 Å². The molecule has 0 aromatic carbocycles. The molecule has 14 heavy (non-hydrogen) atoms. The Kier molecular flexibility index (Phi) is 4.47. The molecule has 0 amide bonds. The third kappa shape index (κ3) is 2.74. The summed E-state index contributed by atoms with van der Waals surface area (Å²) in [5, 5.41) is 6.50. The molecule has 0 fully saturated rings. The van der Waals surface area contributed by atoms with Gasteiger partial charge in [-0.2, -0.15) is 0 Å². The Hall–Kier alpha value is -1.02. The van der Waals surface area contributed by atoms with Gasteiger partial charge in [-0.05, 0) is 18.5 Å². The van der Waals surface area contributed by atoms with Gasteiger partial charge in [0.15, 0.2) is 0 Å². The molecule has 0 aromatic rings. The molecule has 1 rings (SSSR count). The van der Waals surface area contributed by atoms with Gasteiger partial charge in [0.2, 0.25) is 0 Å². The average Bonchev–Trinajstić information content (AvgIpc) is 2.25. The number of hydrogen-bond acceptors (Lipinski definition) is 2. The van der Waals surface area contributed by atoms with E-state index < -0.39 is 0 Å². The second-order valence-electron chi connectivity index (χ2n) is 3.51. The van der Waals surface area contributed by atoms with Gasteiger partial charge in [0, 0.05) is 25.2 Å². The highest BCUT2D eigenvalue weighted by molar-refractivity contribution is 5.28. The fourth-order valence-corrected chi connectivity index (χ4v) is 1.67. The summed E-state index contributed by atoms with van der Waals surface area (Å²) in [5.74, 6) is 0.462. The minimum absolute atomic E-state index is 0.462. The molecule has 2 heteroatoms. The number of hydrogen-bond donors (Lipinski definition) is 2. The summed E-state index contributed by atoms with van der Waals surface area (Å²) in [7, 11) is 1.94. The Balaban J connectivity index is 2.61. The van der Waals surface area contributed by atoms with Crippen LogP contribution in [0.15, 0.2) is 36.1 Å². The molecule has 2 N–H and O–H groups in total. The van der Waals surface area contributed by atoms with E-state index in [-0.39, 0.29) is 0 Å². The minimum Gasteiger partial charge on any atom is -0.391 e. The van der Waals surface area contributed by atoms with E-state index in [9.17, 15) is 0 Å². The lowest BCUT2D eigenvalue weighted by molar-refractivity contribution is 0.622. The smallest absolute Gasteiger partial charge is 0.0240 e. The Morgan fingerprint density at radius 3 is 3.07 bits per heavy atom. The molecule has 0 aromatic heterocycles. The van der Waals surface area contributed by atoms with Crippen LogP contribution in [0.25, 0.3) is 0 Å². The summed E-state index contributed by atoms with van der Waals surface area (Å²) in [5.41, 5.74) is 2.53. The van der Waals surface area contributed by atoms with E-state index in [1.807, 2.05) is 7.05 Å². The number of allylic oxidation sites excluding steroid dienone is 4. The summed E-state index contributed by atoms with van der Waals surface area (Å²) in [6.45, 7) is 8.15. The number of likely N-dealkylation sites (N-methyl/N-ethyl adjacent to an activating group) is 1. The van der Waals surface area contributed by atoms with Crippen molar-refractivity contribution in [3.63, 3.8) is 0 Å². The quantitative estimate of drug-likeness (QED) is 0.694. The zero-order valence-corrected chi connectivity index (χ0v) is 9.14. The van der Waals surface area contributed by atoms with Crippen LogP contribution in [0, 0.1) is 5.92 Å². The lowest BCUT2D eigenvalue weighted by atomic mass is 9.89. The Morgan fingerprint density at radius 1 is 1.64 bits per heavy atom. The first-order chi connectivity index (χ1) is 6.79. The van der Waals surface area contributed by atoms with E-state index in [0.29, 0.717) is 5.92 Å². The van der Waals surface area contributed by atoms with Gasteiger partial charge in [0.05, 0.1) is 0 Å². The van der Waals surface area contributed by atoms with E-state index in [2.05, 4.69) is 42.4 Å². The van der Waals surface area contributed by atoms with E-state index in [1.54, 1.807) is 0 Å². The molecule has 0 radical (unpaired) electrons. The third-order valence-electron chi connectivity index (χ3n) is 2.59. The van der Waals surface area contributed by atoms with Crippen molar-refractivity contribution in [3.05, 3.63) is 36.1 Å². The van der Waals surface area contributed by atoms with Crippen molar-refractivity contribution in [2.24, 2.45) is 5.92 Å². The second-order valence-corrected chi connectivity index (χ2v) is 3.51. The maximum Gasteiger partial charge on any atom is 0.0240 e.